The van der Waals surface area contributed by atoms with Crippen LogP contribution in [0.15, 0.2) is 54.7 Å². The lowest BCUT2D eigenvalue weighted by Crippen LogP contribution is -2.07. The van der Waals surface area contributed by atoms with E-state index in [1.807, 2.05) is 37.3 Å². The Bertz CT molecular complexity index is 789. The molecule has 1 heterocycles. The third-order valence-electron chi connectivity index (χ3n) is 3.42. The molecular weight excluding hydrogens is 287 g/mol. The number of anilines is 1. The lowest BCUT2D eigenvalue weighted by molar-refractivity contribution is 0.626. The lowest BCUT2D eigenvalue weighted by atomic mass is 10.1. The number of nitrogens with zero attached hydrogens (tertiary/aromatic N) is 1. The number of hydrogen-bond donors (Lipinski definition) is 1. The number of nitrogens with one attached hydrogen (secondary N) is 1. The van der Waals surface area contributed by atoms with Gasteiger partial charge in [-0.15, -0.1) is 0 Å². The summed E-state index contributed by atoms with van der Waals surface area (Å²) < 4.78 is 13.1. The highest BCUT2D eigenvalue weighted by atomic mass is 35.5. The topological polar surface area (TPSA) is 24.9 Å². The van der Waals surface area contributed by atoms with E-state index < -0.39 is 0 Å². The number of halogens is 2. The molecule has 0 saturated carbocycles. The van der Waals surface area contributed by atoms with Crippen LogP contribution in [-0.4, -0.2) is 4.98 Å². The van der Waals surface area contributed by atoms with Crippen LogP contribution in [-0.2, 0) is 0 Å². The number of pyridine rings is 1. The van der Waals surface area contributed by atoms with E-state index in [2.05, 4.69) is 10.3 Å². The summed E-state index contributed by atoms with van der Waals surface area (Å²) in [5, 5.41) is 4.87. The third kappa shape index (κ3) is 2.98. The fourth-order valence-corrected chi connectivity index (χ4v) is 2.68. The second-order valence-corrected chi connectivity index (χ2v) is 5.35. The van der Waals surface area contributed by atoms with Gasteiger partial charge in [-0.2, -0.15) is 0 Å². The van der Waals surface area contributed by atoms with Gasteiger partial charge in [0.15, 0.2) is 0 Å². The first-order chi connectivity index (χ1) is 10.1. The van der Waals surface area contributed by atoms with Gasteiger partial charge in [0.1, 0.15) is 5.82 Å². The Balaban J connectivity index is 1.87. The van der Waals surface area contributed by atoms with Crippen molar-refractivity contribution >= 4 is 28.2 Å². The van der Waals surface area contributed by atoms with Crippen LogP contribution in [0.1, 0.15) is 18.5 Å². The van der Waals surface area contributed by atoms with Crippen LogP contribution >= 0.6 is 11.6 Å². The van der Waals surface area contributed by atoms with Crippen LogP contribution in [0.4, 0.5) is 10.1 Å². The highest BCUT2D eigenvalue weighted by Crippen LogP contribution is 2.27. The molecule has 21 heavy (non-hydrogen) atoms. The van der Waals surface area contributed by atoms with Crippen molar-refractivity contribution in [2.24, 2.45) is 0 Å². The van der Waals surface area contributed by atoms with Gasteiger partial charge in [0.25, 0.3) is 0 Å². The fraction of sp³-hybridized carbons (Fsp3) is 0.118. The molecule has 3 rings (SSSR count). The Morgan fingerprint density at radius 1 is 1.14 bits per heavy atom. The lowest BCUT2D eigenvalue weighted by Gasteiger charge is -2.17. The van der Waals surface area contributed by atoms with E-state index >= 15 is 0 Å². The van der Waals surface area contributed by atoms with Gasteiger partial charge >= 0.3 is 0 Å². The molecule has 0 radical (unpaired) electrons. The minimum absolute atomic E-state index is 0.0211. The van der Waals surface area contributed by atoms with E-state index in [1.54, 1.807) is 12.3 Å². The van der Waals surface area contributed by atoms with Crippen LogP contribution in [0, 0.1) is 5.82 Å². The monoisotopic (exact) mass is 300 g/mol. The van der Waals surface area contributed by atoms with E-state index in [1.165, 1.54) is 12.1 Å². The molecule has 0 aliphatic rings. The molecule has 2 aromatic carbocycles. The molecule has 1 aromatic heterocycles. The van der Waals surface area contributed by atoms with Gasteiger partial charge in [-0.3, -0.25) is 4.98 Å². The van der Waals surface area contributed by atoms with Crippen molar-refractivity contribution < 1.29 is 4.39 Å². The van der Waals surface area contributed by atoms with Crippen LogP contribution in [0.5, 0.6) is 0 Å². The summed E-state index contributed by atoms with van der Waals surface area (Å²) in [4.78, 5) is 4.29. The van der Waals surface area contributed by atoms with E-state index in [0.29, 0.717) is 5.02 Å². The summed E-state index contributed by atoms with van der Waals surface area (Å²) in [6, 6.07) is 14.3. The molecule has 0 spiro atoms. The standard InChI is InChI=1S/C17H14ClFN2/c1-11(15-6-4-13(19)10-16(15)18)21-14-5-7-17-12(9-14)3-2-8-20-17/h2-11,21H,1H3. The summed E-state index contributed by atoms with van der Waals surface area (Å²) in [7, 11) is 0. The molecule has 1 unspecified atom stereocenters. The average Bonchev–Trinajstić information content (AvgIpc) is 2.47. The summed E-state index contributed by atoms with van der Waals surface area (Å²) in [6.45, 7) is 1.99. The molecule has 0 aliphatic heterocycles. The number of benzene rings is 2. The fourth-order valence-electron chi connectivity index (χ4n) is 2.35. The largest absolute Gasteiger partial charge is 0.378 e. The molecule has 2 nitrogen and oxygen atoms in total. The highest BCUT2D eigenvalue weighted by Gasteiger charge is 2.10. The summed E-state index contributed by atoms with van der Waals surface area (Å²) in [5.74, 6) is -0.326. The molecule has 0 aliphatic carbocycles. The van der Waals surface area contributed by atoms with Crippen LogP contribution in [0.3, 0.4) is 0 Å². The second-order valence-electron chi connectivity index (χ2n) is 4.94. The van der Waals surface area contributed by atoms with Gasteiger partial charge in [-0.25, -0.2) is 4.39 Å². The van der Waals surface area contributed by atoms with Crippen LogP contribution in [0.25, 0.3) is 10.9 Å². The normalized spacial score (nSPS) is 12.3. The minimum Gasteiger partial charge on any atom is -0.378 e. The number of rotatable bonds is 3. The zero-order chi connectivity index (χ0) is 14.8. The quantitative estimate of drug-likeness (QED) is 0.719. The van der Waals surface area contributed by atoms with Crippen molar-refractivity contribution in [2.75, 3.05) is 5.32 Å². The highest BCUT2D eigenvalue weighted by molar-refractivity contribution is 6.31. The van der Waals surface area contributed by atoms with E-state index in [-0.39, 0.29) is 11.9 Å². The van der Waals surface area contributed by atoms with Gasteiger partial charge in [-0.1, -0.05) is 23.7 Å². The second kappa shape index (κ2) is 5.70. The Hall–Kier alpha value is -2.13. The summed E-state index contributed by atoms with van der Waals surface area (Å²) in [6.07, 6.45) is 1.77. The van der Waals surface area contributed by atoms with Crippen molar-refractivity contribution in [1.29, 1.82) is 0 Å². The van der Waals surface area contributed by atoms with Gasteiger partial charge in [-0.05, 0) is 48.9 Å². The first-order valence-corrected chi connectivity index (χ1v) is 7.07. The van der Waals surface area contributed by atoms with Crippen LogP contribution < -0.4 is 5.32 Å². The Kier molecular flexibility index (Phi) is 3.76. The first-order valence-electron chi connectivity index (χ1n) is 6.70. The smallest absolute Gasteiger partial charge is 0.124 e. The summed E-state index contributed by atoms with van der Waals surface area (Å²) in [5.41, 5.74) is 2.79. The van der Waals surface area contributed by atoms with Crippen molar-refractivity contribution in [3.05, 3.63) is 71.1 Å². The molecular formula is C17H14ClFN2. The molecule has 3 aromatic rings. The number of fused-ring (bicyclic) bond motifs is 1. The minimum atomic E-state index is -0.326. The van der Waals surface area contributed by atoms with Crippen molar-refractivity contribution in [1.82, 2.24) is 4.98 Å². The van der Waals surface area contributed by atoms with Gasteiger partial charge in [0.2, 0.25) is 0 Å². The van der Waals surface area contributed by atoms with E-state index in [4.69, 9.17) is 11.6 Å². The molecule has 1 N–H and O–H groups in total. The molecule has 4 heteroatoms. The predicted octanol–water partition coefficient (Wildman–Crippen LogP) is 5.20. The predicted molar refractivity (Wildman–Crippen MR) is 85.2 cm³/mol. The molecule has 1 atom stereocenters. The third-order valence-corrected chi connectivity index (χ3v) is 3.74. The van der Waals surface area contributed by atoms with Crippen molar-refractivity contribution in [2.45, 2.75) is 13.0 Å². The number of hydrogen-bond acceptors (Lipinski definition) is 2. The maximum absolute atomic E-state index is 13.1. The molecule has 0 amide bonds. The Morgan fingerprint density at radius 3 is 2.81 bits per heavy atom. The van der Waals surface area contributed by atoms with Gasteiger partial charge in [0, 0.05) is 28.3 Å². The first kappa shape index (κ1) is 13.8. The molecule has 0 bridgehead atoms. The zero-order valence-electron chi connectivity index (χ0n) is 11.5. The number of aromatic nitrogens is 1. The average molecular weight is 301 g/mol. The molecule has 0 saturated heterocycles. The van der Waals surface area contributed by atoms with Gasteiger partial charge < -0.3 is 5.32 Å². The zero-order valence-corrected chi connectivity index (χ0v) is 12.2. The maximum Gasteiger partial charge on any atom is 0.124 e. The summed E-state index contributed by atoms with van der Waals surface area (Å²) >= 11 is 6.10. The van der Waals surface area contributed by atoms with Gasteiger partial charge in [0.05, 0.1) is 5.52 Å². The SMILES string of the molecule is CC(Nc1ccc2ncccc2c1)c1ccc(F)cc1Cl. The molecule has 0 fully saturated rings. The van der Waals surface area contributed by atoms with Crippen molar-refractivity contribution in [3.63, 3.8) is 0 Å². The maximum atomic E-state index is 13.1. The van der Waals surface area contributed by atoms with Crippen LogP contribution in [0.2, 0.25) is 5.02 Å². The van der Waals surface area contributed by atoms with E-state index in [9.17, 15) is 4.39 Å². The Labute approximate surface area is 127 Å². The Morgan fingerprint density at radius 2 is 2.00 bits per heavy atom. The van der Waals surface area contributed by atoms with E-state index in [0.717, 1.165) is 22.2 Å². The van der Waals surface area contributed by atoms with Crippen molar-refractivity contribution in [3.8, 4) is 0 Å². The molecule has 106 valence electrons.